The van der Waals surface area contributed by atoms with Crippen LogP contribution in [-0.2, 0) is 9.59 Å². The van der Waals surface area contributed by atoms with Crippen molar-refractivity contribution in [3.63, 3.8) is 0 Å². The summed E-state index contributed by atoms with van der Waals surface area (Å²) >= 11 is 4.28. The number of thioether (sulfide) groups is 1. The molecule has 3 amide bonds. The van der Waals surface area contributed by atoms with Crippen molar-refractivity contribution in [2.75, 3.05) is 25.1 Å². The monoisotopic (exact) mass is 518 g/mol. The van der Waals surface area contributed by atoms with Crippen molar-refractivity contribution in [2.24, 2.45) is 0 Å². The normalized spacial score (nSPS) is 14.8. The van der Waals surface area contributed by atoms with Gasteiger partial charge in [0.05, 0.1) is 18.1 Å². The fourth-order valence-corrected chi connectivity index (χ4v) is 4.31. The van der Waals surface area contributed by atoms with Crippen LogP contribution in [0.1, 0.15) is 25.0 Å². The zero-order chi connectivity index (χ0) is 23.3. The van der Waals surface area contributed by atoms with Crippen molar-refractivity contribution in [2.45, 2.75) is 20.8 Å². The van der Waals surface area contributed by atoms with E-state index in [9.17, 15) is 14.4 Å². The minimum Gasteiger partial charge on any atom is -0.490 e. The molecule has 0 radical (unpaired) electrons. The molecule has 168 valence electrons. The minimum atomic E-state index is -0.516. The van der Waals surface area contributed by atoms with E-state index in [4.69, 9.17) is 9.47 Å². The van der Waals surface area contributed by atoms with Gasteiger partial charge in [0.1, 0.15) is 6.54 Å². The van der Waals surface area contributed by atoms with Crippen molar-refractivity contribution in [3.8, 4) is 11.5 Å². The van der Waals surface area contributed by atoms with Crippen LogP contribution in [0.25, 0.3) is 6.08 Å². The summed E-state index contributed by atoms with van der Waals surface area (Å²) in [6, 6.07) is 10.8. The van der Waals surface area contributed by atoms with Crippen LogP contribution >= 0.6 is 27.7 Å². The fourth-order valence-electron chi connectivity index (χ4n) is 3.04. The number of benzene rings is 2. The average Bonchev–Trinajstić information content (AvgIpc) is 2.99. The van der Waals surface area contributed by atoms with E-state index < -0.39 is 17.1 Å². The number of rotatable bonds is 8. The molecule has 0 aliphatic carbocycles. The van der Waals surface area contributed by atoms with Gasteiger partial charge >= 0.3 is 0 Å². The van der Waals surface area contributed by atoms with Gasteiger partial charge in [-0.1, -0.05) is 28.1 Å². The molecule has 2 aromatic carbocycles. The van der Waals surface area contributed by atoms with Crippen LogP contribution in [-0.4, -0.2) is 41.7 Å². The maximum absolute atomic E-state index is 12.8. The van der Waals surface area contributed by atoms with Gasteiger partial charge < -0.3 is 14.8 Å². The second-order valence-corrected chi connectivity index (χ2v) is 8.72. The van der Waals surface area contributed by atoms with E-state index in [-0.39, 0.29) is 11.4 Å². The zero-order valence-corrected chi connectivity index (χ0v) is 20.3. The highest BCUT2D eigenvalue weighted by Gasteiger charge is 2.36. The van der Waals surface area contributed by atoms with Crippen LogP contribution in [0.2, 0.25) is 0 Å². The van der Waals surface area contributed by atoms with Crippen molar-refractivity contribution in [1.82, 2.24) is 4.90 Å². The molecule has 1 N–H and O–H groups in total. The quantitative estimate of drug-likeness (QED) is 0.481. The first-order valence-electron chi connectivity index (χ1n) is 10.0. The Balaban J connectivity index is 1.77. The molecule has 1 aliphatic heterocycles. The molecule has 0 bridgehead atoms. The van der Waals surface area contributed by atoms with E-state index in [0.717, 1.165) is 22.2 Å². The number of ether oxygens (including phenoxy) is 2. The Morgan fingerprint density at radius 2 is 1.81 bits per heavy atom. The Morgan fingerprint density at radius 1 is 1.12 bits per heavy atom. The first kappa shape index (κ1) is 23.9. The summed E-state index contributed by atoms with van der Waals surface area (Å²) in [6.07, 6.45) is 1.60. The van der Waals surface area contributed by atoms with Gasteiger partial charge in [0.25, 0.3) is 11.1 Å². The molecule has 1 heterocycles. The van der Waals surface area contributed by atoms with E-state index in [0.29, 0.717) is 40.4 Å². The molecular weight excluding hydrogens is 496 g/mol. The number of hydrogen-bond acceptors (Lipinski definition) is 6. The number of halogens is 1. The third-order valence-electron chi connectivity index (χ3n) is 4.43. The van der Waals surface area contributed by atoms with Crippen LogP contribution in [0.5, 0.6) is 11.5 Å². The molecule has 0 atom stereocenters. The first-order valence-corrected chi connectivity index (χ1v) is 11.6. The predicted molar refractivity (Wildman–Crippen MR) is 129 cm³/mol. The Morgan fingerprint density at radius 3 is 2.47 bits per heavy atom. The highest BCUT2D eigenvalue weighted by atomic mass is 79.9. The number of hydrogen-bond donors (Lipinski definition) is 1. The lowest BCUT2D eigenvalue weighted by Crippen LogP contribution is -2.36. The SMILES string of the molecule is CCOc1cc(Br)c(/C=C2\SC(=O)N(CC(=O)Nc3cccc(C)c3)C2=O)cc1OCC. The van der Waals surface area contributed by atoms with Gasteiger partial charge in [0.15, 0.2) is 11.5 Å². The number of imide groups is 1. The van der Waals surface area contributed by atoms with Crippen molar-refractivity contribution >= 4 is 56.5 Å². The molecule has 0 aromatic heterocycles. The number of carbonyl (C=O) groups excluding carboxylic acids is 3. The molecule has 0 unspecified atom stereocenters. The van der Waals surface area contributed by atoms with E-state index >= 15 is 0 Å². The number of nitrogens with one attached hydrogen (secondary N) is 1. The van der Waals surface area contributed by atoms with Crippen molar-refractivity contribution < 1.29 is 23.9 Å². The lowest BCUT2D eigenvalue weighted by atomic mass is 10.1. The summed E-state index contributed by atoms with van der Waals surface area (Å²) in [5.74, 6) is 0.165. The molecular formula is C23H23BrN2O5S. The lowest BCUT2D eigenvalue weighted by Gasteiger charge is -2.13. The van der Waals surface area contributed by atoms with Crippen LogP contribution in [0.15, 0.2) is 45.8 Å². The summed E-state index contributed by atoms with van der Waals surface area (Å²) in [4.78, 5) is 38.8. The van der Waals surface area contributed by atoms with Gasteiger partial charge in [-0.05, 0) is 74.0 Å². The number of amides is 3. The summed E-state index contributed by atoms with van der Waals surface area (Å²) < 4.78 is 11.9. The third kappa shape index (κ3) is 5.72. The molecule has 1 aliphatic rings. The summed E-state index contributed by atoms with van der Waals surface area (Å²) in [5, 5.41) is 2.22. The van der Waals surface area contributed by atoms with Crippen molar-refractivity contribution in [3.05, 3.63) is 56.9 Å². The molecule has 9 heteroatoms. The molecule has 7 nitrogen and oxygen atoms in total. The topological polar surface area (TPSA) is 84.9 Å². The van der Waals surface area contributed by atoms with Gasteiger partial charge in [0.2, 0.25) is 5.91 Å². The van der Waals surface area contributed by atoms with Gasteiger partial charge in [-0.3, -0.25) is 19.3 Å². The first-order chi connectivity index (χ1) is 15.3. The Bertz CT molecular complexity index is 1090. The largest absolute Gasteiger partial charge is 0.490 e. The molecule has 0 spiro atoms. The number of carbonyl (C=O) groups is 3. The molecule has 0 saturated carbocycles. The van der Waals surface area contributed by atoms with Crippen LogP contribution in [0.3, 0.4) is 0 Å². The van der Waals surface area contributed by atoms with Gasteiger partial charge in [0, 0.05) is 10.2 Å². The van der Waals surface area contributed by atoms with E-state index in [2.05, 4.69) is 21.2 Å². The highest BCUT2D eigenvalue weighted by molar-refractivity contribution is 9.10. The van der Waals surface area contributed by atoms with Gasteiger partial charge in [-0.2, -0.15) is 0 Å². The predicted octanol–water partition coefficient (Wildman–Crippen LogP) is 5.23. The third-order valence-corrected chi connectivity index (χ3v) is 6.02. The Kier molecular flexibility index (Phi) is 7.98. The average molecular weight is 519 g/mol. The number of nitrogens with zero attached hydrogens (tertiary/aromatic N) is 1. The molecule has 2 aromatic rings. The van der Waals surface area contributed by atoms with E-state index in [1.165, 1.54) is 0 Å². The number of aryl methyl sites for hydroxylation is 1. The summed E-state index contributed by atoms with van der Waals surface area (Å²) in [7, 11) is 0. The summed E-state index contributed by atoms with van der Waals surface area (Å²) in [5.41, 5.74) is 2.26. The summed E-state index contributed by atoms with van der Waals surface area (Å²) in [6.45, 7) is 6.23. The maximum atomic E-state index is 12.8. The smallest absolute Gasteiger partial charge is 0.294 e. The van der Waals surface area contributed by atoms with E-state index in [1.807, 2.05) is 39.0 Å². The van der Waals surface area contributed by atoms with Gasteiger partial charge in [-0.25, -0.2) is 0 Å². The molecule has 32 heavy (non-hydrogen) atoms. The Hall–Kier alpha value is -2.78. The lowest BCUT2D eigenvalue weighted by molar-refractivity contribution is -0.127. The zero-order valence-electron chi connectivity index (χ0n) is 17.9. The highest BCUT2D eigenvalue weighted by Crippen LogP contribution is 2.38. The standard InChI is InChI=1S/C23H23BrN2O5S/c1-4-30-18-10-15(17(24)12-19(18)31-5-2)11-20-22(28)26(23(29)32-20)13-21(27)25-16-8-6-7-14(3)9-16/h6-12H,4-5,13H2,1-3H3,(H,25,27)/b20-11-. The van der Waals surface area contributed by atoms with Gasteiger partial charge in [-0.15, -0.1) is 0 Å². The Labute approximate surface area is 199 Å². The minimum absolute atomic E-state index is 0.227. The second-order valence-electron chi connectivity index (χ2n) is 6.87. The van der Waals surface area contributed by atoms with Crippen molar-refractivity contribution in [1.29, 1.82) is 0 Å². The van der Waals surface area contributed by atoms with Crippen LogP contribution in [0.4, 0.5) is 10.5 Å². The van der Waals surface area contributed by atoms with Crippen LogP contribution in [0, 0.1) is 6.92 Å². The fraction of sp³-hybridized carbons (Fsp3) is 0.261. The van der Waals surface area contributed by atoms with E-state index in [1.54, 1.807) is 24.3 Å². The van der Waals surface area contributed by atoms with Crippen LogP contribution < -0.4 is 14.8 Å². The molecule has 3 rings (SSSR count). The molecule has 1 saturated heterocycles. The maximum Gasteiger partial charge on any atom is 0.294 e. The number of anilines is 1. The second kappa shape index (κ2) is 10.7. The molecule has 1 fully saturated rings.